The van der Waals surface area contributed by atoms with Crippen molar-refractivity contribution in [1.82, 2.24) is 10.2 Å². The van der Waals surface area contributed by atoms with E-state index in [1.54, 1.807) is 16.2 Å². The summed E-state index contributed by atoms with van der Waals surface area (Å²) < 4.78 is 40.2. The molecule has 11 heteroatoms. The number of nitrogens with zero attached hydrogens (tertiary/aromatic N) is 2. The molecule has 1 aliphatic rings. The molecule has 0 bridgehead atoms. The van der Waals surface area contributed by atoms with E-state index in [2.05, 4.69) is 15.0 Å². The SMILES string of the molecule is I.NC(=NCc1ccc(OC(F)(F)F)cc1)NCC(=O)N1CCc2sccc2C1. The summed E-state index contributed by atoms with van der Waals surface area (Å²) in [4.78, 5) is 19.5. The summed E-state index contributed by atoms with van der Waals surface area (Å²) in [5.41, 5.74) is 7.61. The molecule has 2 aromatic rings. The Hall–Kier alpha value is -2.02. The van der Waals surface area contributed by atoms with E-state index < -0.39 is 6.36 Å². The molecule has 1 amide bonds. The van der Waals surface area contributed by atoms with E-state index in [1.807, 2.05) is 11.4 Å². The van der Waals surface area contributed by atoms with E-state index >= 15 is 0 Å². The van der Waals surface area contributed by atoms with Crippen LogP contribution in [0.1, 0.15) is 16.0 Å². The fraction of sp³-hybridized carbons (Fsp3) is 0.333. The zero-order valence-electron chi connectivity index (χ0n) is 15.2. The number of aliphatic imine (C=N–C) groups is 1. The number of alkyl halides is 3. The van der Waals surface area contributed by atoms with Gasteiger partial charge >= 0.3 is 6.36 Å². The van der Waals surface area contributed by atoms with E-state index in [9.17, 15) is 18.0 Å². The van der Waals surface area contributed by atoms with Gasteiger partial charge in [0, 0.05) is 18.0 Å². The number of nitrogens with two attached hydrogens (primary N) is 1. The van der Waals surface area contributed by atoms with Crippen LogP contribution in [0.25, 0.3) is 0 Å². The number of fused-ring (bicyclic) bond motifs is 1. The van der Waals surface area contributed by atoms with Gasteiger partial charge in [-0.3, -0.25) is 4.79 Å². The Morgan fingerprint density at radius 2 is 2.00 bits per heavy atom. The molecular formula is C18H20F3IN4O2S. The quantitative estimate of drug-likeness (QED) is 0.347. The van der Waals surface area contributed by atoms with Crippen molar-refractivity contribution in [3.8, 4) is 5.75 Å². The van der Waals surface area contributed by atoms with Crippen LogP contribution < -0.4 is 15.8 Å². The number of benzene rings is 1. The first-order valence-corrected chi connectivity index (χ1v) is 9.39. The first-order valence-electron chi connectivity index (χ1n) is 8.51. The minimum Gasteiger partial charge on any atom is -0.406 e. The van der Waals surface area contributed by atoms with Gasteiger partial charge in [0.15, 0.2) is 5.96 Å². The van der Waals surface area contributed by atoms with E-state index in [4.69, 9.17) is 5.73 Å². The highest BCUT2D eigenvalue weighted by Crippen LogP contribution is 2.24. The predicted octanol–water partition coefficient (Wildman–Crippen LogP) is 3.25. The van der Waals surface area contributed by atoms with Crippen molar-refractivity contribution in [2.24, 2.45) is 10.7 Å². The number of carbonyl (C=O) groups is 1. The standard InChI is InChI=1S/C18H19F3N4O2S.HI/c19-18(20,21)27-14-3-1-12(2-4-14)9-23-17(22)24-10-16(26)25-7-5-15-13(11-25)6-8-28-15;/h1-4,6,8H,5,7,9-11H2,(H3,22,23,24);1H. The molecule has 0 atom stereocenters. The maximum absolute atomic E-state index is 12.3. The Morgan fingerprint density at radius 3 is 2.69 bits per heavy atom. The van der Waals surface area contributed by atoms with Gasteiger partial charge in [0.05, 0.1) is 13.1 Å². The van der Waals surface area contributed by atoms with Crippen LogP contribution in [-0.2, 0) is 24.3 Å². The van der Waals surface area contributed by atoms with Crippen molar-refractivity contribution in [3.63, 3.8) is 0 Å². The second kappa shape index (κ2) is 10.1. The average Bonchev–Trinajstić information content (AvgIpc) is 3.12. The van der Waals surface area contributed by atoms with E-state index in [-0.39, 0.29) is 54.7 Å². The van der Waals surface area contributed by atoms with Gasteiger partial charge < -0.3 is 20.7 Å². The van der Waals surface area contributed by atoms with Crippen molar-refractivity contribution < 1.29 is 22.7 Å². The number of carbonyl (C=O) groups excluding carboxylic acids is 1. The number of guanidine groups is 1. The van der Waals surface area contributed by atoms with Gasteiger partial charge in [-0.15, -0.1) is 48.5 Å². The maximum atomic E-state index is 12.3. The van der Waals surface area contributed by atoms with Crippen LogP contribution in [0.4, 0.5) is 13.2 Å². The first-order chi connectivity index (χ1) is 13.3. The summed E-state index contributed by atoms with van der Waals surface area (Å²) in [6.07, 6.45) is -3.86. The Kier molecular flexibility index (Phi) is 8.14. The Bertz CT molecular complexity index is 856. The summed E-state index contributed by atoms with van der Waals surface area (Å²) in [6.45, 7) is 1.48. The minimum atomic E-state index is -4.72. The summed E-state index contributed by atoms with van der Waals surface area (Å²) in [7, 11) is 0. The van der Waals surface area contributed by atoms with Gasteiger partial charge in [0.1, 0.15) is 5.75 Å². The van der Waals surface area contributed by atoms with Gasteiger partial charge in [-0.2, -0.15) is 0 Å². The van der Waals surface area contributed by atoms with Crippen molar-refractivity contribution in [2.45, 2.75) is 25.9 Å². The third-order valence-electron chi connectivity index (χ3n) is 4.17. The second-order valence-electron chi connectivity index (χ2n) is 6.18. The highest BCUT2D eigenvalue weighted by atomic mass is 127. The minimum absolute atomic E-state index is 0. The van der Waals surface area contributed by atoms with Crippen molar-refractivity contribution in [3.05, 3.63) is 51.7 Å². The zero-order chi connectivity index (χ0) is 20.1. The zero-order valence-corrected chi connectivity index (χ0v) is 18.4. The lowest BCUT2D eigenvalue weighted by molar-refractivity contribution is -0.274. The Morgan fingerprint density at radius 1 is 1.28 bits per heavy atom. The molecule has 0 unspecified atom stereocenters. The largest absolute Gasteiger partial charge is 0.573 e. The molecule has 6 nitrogen and oxygen atoms in total. The number of rotatable bonds is 5. The van der Waals surface area contributed by atoms with Gasteiger partial charge in [0.2, 0.25) is 5.91 Å². The lowest BCUT2D eigenvalue weighted by atomic mass is 10.1. The predicted molar refractivity (Wildman–Crippen MR) is 115 cm³/mol. The van der Waals surface area contributed by atoms with Gasteiger partial charge in [-0.05, 0) is 41.1 Å². The summed E-state index contributed by atoms with van der Waals surface area (Å²) >= 11 is 1.71. The molecule has 0 saturated carbocycles. The molecule has 29 heavy (non-hydrogen) atoms. The monoisotopic (exact) mass is 540 g/mol. The number of ether oxygens (including phenoxy) is 1. The van der Waals surface area contributed by atoms with Crippen molar-refractivity contribution in [1.29, 1.82) is 0 Å². The molecule has 1 aliphatic heterocycles. The molecule has 158 valence electrons. The van der Waals surface area contributed by atoms with Gasteiger partial charge in [-0.1, -0.05) is 12.1 Å². The van der Waals surface area contributed by atoms with Gasteiger partial charge in [0.25, 0.3) is 0 Å². The third-order valence-corrected chi connectivity index (χ3v) is 5.19. The molecule has 0 saturated heterocycles. The maximum Gasteiger partial charge on any atom is 0.573 e. The fourth-order valence-electron chi connectivity index (χ4n) is 2.77. The Labute approximate surface area is 187 Å². The molecule has 1 aromatic heterocycles. The Balaban J connectivity index is 0.00000300. The van der Waals surface area contributed by atoms with Crippen LogP contribution in [-0.4, -0.2) is 36.2 Å². The molecule has 3 N–H and O–H groups in total. The first kappa shape index (κ1) is 23.3. The lowest BCUT2D eigenvalue weighted by Gasteiger charge is -2.27. The molecular weight excluding hydrogens is 520 g/mol. The number of nitrogens with one attached hydrogen (secondary N) is 1. The van der Waals surface area contributed by atoms with Crippen LogP contribution >= 0.6 is 35.3 Å². The summed E-state index contributed by atoms with van der Waals surface area (Å²) in [5, 5.41) is 4.81. The highest BCUT2D eigenvalue weighted by Gasteiger charge is 2.30. The topological polar surface area (TPSA) is 80.0 Å². The van der Waals surface area contributed by atoms with E-state index in [0.29, 0.717) is 18.7 Å². The number of amides is 1. The molecule has 0 spiro atoms. The lowest BCUT2D eigenvalue weighted by Crippen LogP contribution is -2.44. The molecule has 0 aliphatic carbocycles. The van der Waals surface area contributed by atoms with E-state index in [0.717, 1.165) is 6.42 Å². The smallest absolute Gasteiger partial charge is 0.406 e. The third kappa shape index (κ3) is 7.07. The number of hydrogen-bond donors (Lipinski definition) is 2. The normalized spacial score (nSPS) is 14.0. The molecule has 1 aromatic carbocycles. The molecule has 0 fully saturated rings. The summed E-state index contributed by atoms with van der Waals surface area (Å²) in [6, 6.07) is 7.39. The summed E-state index contributed by atoms with van der Waals surface area (Å²) in [5.74, 6) is -0.270. The highest BCUT2D eigenvalue weighted by molar-refractivity contribution is 14.0. The molecule has 2 heterocycles. The van der Waals surface area contributed by atoms with Crippen molar-refractivity contribution in [2.75, 3.05) is 13.1 Å². The fourth-order valence-corrected chi connectivity index (χ4v) is 3.66. The second-order valence-corrected chi connectivity index (χ2v) is 7.18. The van der Waals surface area contributed by atoms with E-state index in [1.165, 1.54) is 34.7 Å². The van der Waals surface area contributed by atoms with Gasteiger partial charge in [-0.25, -0.2) is 4.99 Å². The van der Waals surface area contributed by atoms with Crippen LogP contribution in [0.2, 0.25) is 0 Å². The number of hydrogen-bond acceptors (Lipinski definition) is 4. The van der Waals surface area contributed by atoms with Crippen molar-refractivity contribution >= 4 is 47.2 Å². The van der Waals surface area contributed by atoms with Crippen LogP contribution in [0.5, 0.6) is 5.75 Å². The van der Waals surface area contributed by atoms with Crippen LogP contribution in [0.3, 0.4) is 0 Å². The molecule has 3 rings (SSSR count). The van der Waals surface area contributed by atoms with Crippen LogP contribution in [0.15, 0.2) is 40.7 Å². The van der Waals surface area contributed by atoms with Crippen LogP contribution in [0, 0.1) is 0 Å². The number of halogens is 4. The average molecular weight is 540 g/mol. The molecule has 0 radical (unpaired) electrons. The number of thiophene rings is 1.